The second kappa shape index (κ2) is 8.37. The highest BCUT2D eigenvalue weighted by Crippen LogP contribution is 2.30. The van der Waals surface area contributed by atoms with Crippen LogP contribution in [0.25, 0.3) is 10.9 Å². The number of aryl methyl sites for hydroxylation is 1. The van der Waals surface area contributed by atoms with Gasteiger partial charge in [-0.15, -0.1) is 0 Å². The number of aromatic nitrogens is 3. The summed E-state index contributed by atoms with van der Waals surface area (Å²) in [5, 5.41) is 9.71. The molecule has 0 bridgehead atoms. The number of hydrogen-bond acceptors (Lipinski definition) is 6. The molecule has 0 spiro atoms. The van der Waals surface area contributed by atoms with E-state index < -0.39 is 23.8 Å². The first-order chi connectivity index (χ1) is 14.8. The highest BCUT2D eigenvalue weighted by atomic mass is 19.3. The fraction of sp³-hybridized carbons (Fsp3) is 0.333. The van der Waals surface area contributed by atoms with Gasteiger partial charge < -0.3 is 16.0 Å². The zero-order chi connectivity index (χ0) is 22.1. The van der Waals surface area contributed by atoms with Crippen molar-refractivity contribution in [1.82, 2.24) is 20.3 Å². The average molecular weight is 430 g/mol. The number of hydrogen-bond donors (Lipinski definition) is 3. The highest BCUT2D eigenvalue weighted by Gasteiger charge is 2.23. The van der Waals surface area contributed by atoms with E-state index in [9.17, 15) is 18.0 Å². The lowest BCUT2D eigenvalue weighted by Gasteiger charge is -2.19. The molecule has 31 heavy (non-hydrogen) atoms. The van der Waals surface area contributed by atoms with Crippen molar-refractivity contribution >= 4 is 28.4 Å². The van der Waals surface area contributed by atoms with Gasteiger partial charge in [-0.1, -0.05) is 18.2 Å². The molecule has 162 valence electrons. The lowest BCUT2D eigenvalue weighted by molar-refractivity contribution is -0.119. The summed E-state index contributed by atoms with van der Waals surface area (Å²) in [5.41, 5.74) is 0.0608. The van der Waals surface area contributed by atoms with Crippen molar-refractivity contribution in [2.75, 3.05) is 17.2 Å². The number of anilines is 2. The Labute approximate surface area is 176 Å². The van der Waals surface area contributed by atoms with Crippen LogP contribution in [0.4, 0.5) is 24.8 Å². The second-order valence-corrected chi connectivity index (χ2v) is 7.47. The third-order valence-corrected chi connectivity index (χ3v) is 5.14. The highest BCUT2D eigenvalue weighted by molar-refractivity contribution is 5.90. The first kappa shape index (κ1) is 20.8. The van der Waals surface area contributed by atoms with Gasteiger partial charge in [0.25, 0.3) is 6.43 Å². The van der Waals surface area contributed by atoms with Gasteiger partial charge in [0.15, 0.2) is 0 Å². The molecule has 1 saturated heterocycles. The number of pyridine rings is 1. The number of alkyl halides is 2. The minimum atomic E-state index is -2.90. The van der Waals surface area contributed by atoms with Crippen LogP contribution in [0.2, 0.25) is 0 Å². The molecule has 1 aromatic carbocycles. The molecule has 4 rings (SSSR count). The van der Waals surface area contributed by atoms with Gasteiger partial charge in [0.05, 0.1) is 29.4 Å². The van der Waals surface area contributed by atoms with Crippen LogP contribution in [-0.2, 0) is 4.79 Å². The van der Waals surface area contributed by atoms with Gasteiger partial charge in [-0.05, 0) is 19.9 Å². The second-order valence-electron chi connectivity index (χ2n) is 7.47. The molecule has 7 nitrogen and oxygen atoms in total. The van der Waals surface area contributed by atoms with Crippen LogP contribution in [0.15, 0.2) is 30.5 Å². The summed E-state index contributed by atoms with van der Waals surface area (Å²) in [6.45, 7) is 3.90. The smallest absolute Gasteiger partial charge is 0.266 e. The van der Waals surface area contributed by atoms with Crippen LogP contribution >= 0.6 is 0 Å². The minimum absolute atomic E-state index is 0.0264. The molecule has 3 aromatic rings. The zero-order valence-corrected chi connectivity index (χ0v) is 16.9. The van der Waals surface area contributed by atoms with E-state index >= 15 is 0 Å². The predicted octanol–water partition coefficient (Wildman–Crippen LogP) is 3.88. The third kappa shape index (κ3) is 4.37. The number of carbonyl (C=O) groups is 1. The third-order valence-electron chi connectivity index (χ3n) is 5.14. The Morgan fingerprint density at radius 1 is 1.23 bits per heavy atom. The first-order valence-electron chi connectivity index (χ1n) is 9.82. The van der Waals surface area contributed by atoms with Crippen molar-refractivity contribution in [3.05, 3.63) is 53.2 Å². The molecular weight excluding hydrogens is 409 g/mol. The summed E-state index contributed by atoms with van der Waals surface area (Å²) in [4.78, 5) is 24.6. The van der Waals surface area contributed by atoms with Crippen molar-refractivity contribution < 1.29 is 18.0 Å². The summed E-state index contributed by atoms with van der Waals surface area (Å²) in [7, 11) is 0. The van der Waals surface area contributed by atoms with E-state index in [1.54, 1.807) is 26.1 Å². The molecule has 0 saturated carbocycles. The maximum atomic E-state index is 14.6. The molecule has 3 heterocycles. The predicted molar refractivity (Wildman–Crippen MR) is 111 cm³/mol. The molecule has 1 aliphatic heterocycles. The number of fused-ring (bicyclic) bond motifs is 1. The zero-order valence-electron chi connectivity index (χ0n) is 16.9. The molecule has 1 aliphatic rings. The van der Waals surface area contributed by atoms with E-state index in [0.717, 1.165) is 6.07 Å². The van der Waals surface area contributed by atoms with Crippen molar-refractivity contribution in [1.29, 1.82) is 0 Å². The first-order valence-corrected chi connectivity index (χ1v) is 9.82. The molecule has 0 aliphatic carbocycles. The summed E-state index contributed by atoms with van der Waals surface area (Å²) < 4.78 is 40.7. The number of halogens is 3. The van der Waals surface area contributed by atoms with Gasteiger partial charge in [-0.2, -0.15) is 0 Å². The molecule has 10 heteroatoms. The molecular formula is C21H21F3N6O. The van der Waals surface area contributed by atoms with Crippen LogP contribution in [0.1, 0.15) is 42.8 Å². The topological polar surface area (TPSA) is 91.8 Å². The Balaban J connectivity index is 1.65. The fourth-order valence-electron chi connectivity index (χ4n) is 3.61. The molecule has 2 atom stereocenters. The lowest BCUT2D eigenvalue weighted by atomic mass is 10.0. The van der Waals surface area contributed by atoms with E-state index in [0.29, 0.717) is 41.3 Å². The quantitative estimate of drug-likeness (QED) is 0.550. The number of amides is 1. The van der Waals surface area contributed by atoms with E-state index in [1.807, 2.05) is 0 Å². The average Bonchev–Trinajstić information content (AvgIpc) is 3.12. The summed E-state index contributed by atoms with van der Waals surface area (Å²) in [6, 6.07) is 4.99. The maximum absolute atomic E-state index is 14.6. The van der Waals surface area contributed by atoms with Crippen LogP contribution in [-0.4, -0.2) is 33.4 Å². The van der Waals surface area contributed by atoms with Crippen LogP contribution in [0, 0.1) is 12.7 Å². The molecule has 1 fully saturated rings. The Kier molecular flexibility index (Phi) is 5.62. The van der Waals surface area contributed by atoms with E-state index in [4.69, 9.17) is 0 Å². The maximum Gasteiger partial charge on any atom is 0.266 e. The summed E-state index contributed by atoms with van der Waals surface area (Å²) in [6.07, 6.45) is -0.956. The van der Waals surface area contributed by atoms with Crippen LogP contribution in [0.5, 0.6) is 0 Å². The number of rotatable bonds is 6. The normalized spacial score (nSPS) is 17.1. The SMILES string of the molecule is Cc1nc(N[C@H](C)c2cccc(C(F)F)c2F)c2cc(N[C@H]3CNC(=O)C3)ncc2n1. The van der Waals surface area contributed by atoms with Crippen molar-refractivity contribution in [3.8, 4) is 0 Å². The number of nitrogens with zero attached hydrogens (tertiary/aromatic N) is 3. The lowest BCUT2D eigenvalue weighted by Crippen LogP contribution is -2.22. The molecule has 3 N–H and O–H groups in total. The van der Waals surface area contributed by atoms with Crippen molar-refractivity contribution in [3.63, 3.8) is 0 Å². The number of nitrogens with one attached hydrogen (secondary N) is 3. The number of benzene rings is 1. The van der Waals surface area contributed by atoms with Gasteiger partial charge in [0.1, 0.15) is 23.3 Å². The fourth-order valence-corrected chi connectivity index (χ4v) is 3.61. The van der Waals surface area contributed by atoms with Gasteiger partial charge in [0, 0.05) is 23.9 Å². The Hall–Kier alpha value is -3.43. The van der Waals surface area contributed by atoms with Gasteiger partial charge >= 0.3 is 0 Å². The number of carbonyl (C=O) groups excluding carboxylic acids is 1. The summed E-state index contributed by atoms with van der Waals surface area (Å²) >= 11 is 0. The molecule has 1 amide bonds. The van der Waals surface area contributed by atoms with Crippen LogP contribution in [0.3, 0.4) is 0 Å². The van der Waals surface area contributed by atoms with Crippen molar-refractivity contribution in [2.24, 2.45) is 0 Å². The standard InChI is InChI=1S/C21H21F3N6O/c1-10(13-4-3-5-14(19(13)22)20(23)24)27-21-15-7-17(30-12-6-18(31)26-8-12)25-9-16(15)28-11(2)29-21/h3-5,7,9-10,12,20H,6,8H2,1-2H3,(H,25,30)(H,26,31)(H,27,28,29)/t10-,12-/m1/s1. The van der Waals surface area contributed by atoms with Crippen molar-refractivity contribution in [2.45, 2.75) is 38.8 Å². The van der Waals surface area contributed by atoms with E-state index in [2.05, 4.69) is 30.9 Å². The molecule has 2 aromatic heterocycles. The Bertz CT molecular complexity index is 1140. The minimum Gasteiger partial charge on any atom is -0.365 e. The Morgan fingerprint density at radius 3 is 2.71 bits per heavy atom. The molecule has 0 unspecified atom stereocenters. The molecule has 0 radical (unpaired) electrons. The largest absolute Gasteiger partial charge is 0.365 e. The Morgan fingerprint density at radius 2 is 2.00 bits per heavy atom. The monoisotopic (exact) mass is 430 g/mol. The van der Waals surface area contributed by atoms with Crippen LogP contribution < -0.4 is 16.0 Å². The van der Waals surface area contributed by atoms with Gasteiger partial charge in [0.2, 0.25) is 5.91 Å². The van der Waals surface area contributed by atoms with E-state index in [-0.39, 0.29) is 17.5 Å². The van der Waals surface area contributed by atoms with E-state index in [1.165, 1.54) is 12.1 Å². The van der Waals surface area contributed by atoms with Gasteiger partial charge in [-0.3, -0.25) is 4.79 Å². The summed E-state index contributed by atoms with van der Waals surface area (Å²) in [5.74, 6) is 0.500. The van der Waals surface area contributed by atoms with Gasteiger partial charge in [-0.25, -0.2) is 28.1 Å².